The highest BCUT2D eigenvalue weighted by Gasteiger charge is 2.27. The molecular weight excluding hydrogens is 264 g/mol. The van der Waals surface area contributed by atoms with E-state index in [1.54, 1.807) is 12.1 Å². The summed E-state index contributed by atoms with van der Waals surface area (Å²) in [5, 5.41) is 9.29. The lowest BCUT2D eigenvalue weighted by Crippen LogP contribution is -2.24. The minimum Gasteiger partial charge on any atom is -0.478 e. The predicted molar refractivity (Wildman–Crippen MR) is 80.0 cm³/mol. The van der Waals surface area contributed by atoms with Crippen LogP contribution in [-0.2, 0) is 6.54 Å². The van der Waals surface area contributed by atoms with Gasteiger partial charge in [0.25, 0.3) is 0 Å². The van der Waals surface area contributed by atoms with E-state index in [9.17, 15) is 9.90 Å². The number of likely N-dealkylation sites (tertiary alicyclic amines) is 1. The van der Waals surface area contributed by atoms with Gasteiger partial charge in [-0.05, 0) is 43.1 Å². The van der Waals surface area contributed by atoms with Gasteiger partial charge >= 0.3 is 5.97 Å². The lowest BCUT2D eigenvalue weighted by atomic mass is 10.1. The fourth-order valence-electron chi connectivity index (χ4n) is 3.01. The van der Waals surface area contributed by atoms with E-state index >= 15 is 0 Å². The van der Waals surface area contributed by atoms with Crippen LogP contribution in [0.25, 0.3) is 0 Å². The number of nitrogens with zero attached hydrogens (tertiary/aromatic N) is 2. The summed E-state index contributed by atoms with van der Waals surface area (Å²) in [6.07, 6.45) is 4.01. The molecule has 1 saturated heterocycles. The average Bonchev–Trinajstić information content (AvgIpc) is 2.96. The Morgan fingerprint density at radius 2 is 2.05 bits per heavy atom. The van der Waals surface area contributed by atoms with Gasteiger partial charge in [0.2, 0.25) is 0 Å². The molecule has 0 radical (unpaired) electrons. The molecule has 1 aromatic heterocycles. The van der Waals surface area contributed by atoms with Crippen molar-refractivity contribution in [1.29, 1.82) is 0 Å². The van der Waals surface area contributed by atoms with Gasteiger partial charge in [0.05, 0.1) is 17.3 Å². The van der Waals surface area contributed by atoms with Crippen LogP contribution in [0.2, 0.25) is 0 Å². The molecule has 0 aliphatic carbocycles. The van der Waals surface area contributed by atoms with Gasteiger partial charge in [-0.25, -0.2) is 4.79 Å². The molecule has 1 aliphatic heterocycles. The standard InChI is InChI=1S/C17H18N2O2/c20-17(21)14-7-2-1-6-13(14)12-19-11-5-9-16(19)15-8-3-4-10-18-15/h1-4,6-8,10,16H,5,9,11-12H2,(H,20,21)/t16-/m1/s1. The van der Waals surface area contributed by atoms with E-state index in [1.165, 1.54) is 0 Å². The lowest BCUT2D eigenvalue weighted by molar-refractivity contribution is 0.0694. The summed E-state index contributed by atoms with van der Waals surface area (Å²) in [7, 11) is 0. The third-order valence-electron chi connectivity index (χ3n) is 4.01. The average molecular weight is 282 g/mol. The third-order valence-corrected chi connectivity index (χ3v) is 4.01. The Morgan fingerprint density at radius 1 is 1.24 bits per heavy atom. The summed E-state index contributed by atoms with van der Waals surface area (Å²) in [6.45, 7) is 1.64. The molecule has 108 valence electrons. The summed E-state index contributed by atoms with van der Waals surface area (Å²) >= 11 is 0. The smallest absolute Gasteiger partial charge is 0.336 e. The molecule has 21 heavy (non-hydrogen) atoms. The van der Waals surface area contributed by atoms with Gasteiger partial charge in [-0.15, -0.1) is 0 Å². The Balaban J connectivity index is 1.83. The van der Waals surface area contributed by atoms with Crippen molar-refractivity contribution in [2.75, 3.05) is 6.54 Å². The first kappa shape index (κ1) is 13.8. The molecule has 0 spiro atoms. The maximum Gasteiger partial charge on any atom is 0.336 e. The Labute approximate surface area is 124 Å². The van der Waals surface area contributed by atoms with Crippen LogP contribution in [0.1, 0.15) is 40.5 Å². The molecular formula is C17H18N2O2. The van der Waals surface area contributed by atoms with E-state index in [-0.39, 0.29) is 6.04 Å². The van der Waals surface area contributed by atoms with Crippen LogP contribution in [0.5, 0.6) is 0 Å². The maximum absolute atomic E-state index is 11.3. The van der Waals surface area contributed by atoms with E-state index in [0.717, 1.165) is 30.6 Å². The largest absolute Gasteiger partial charge is 0.478 e. The maximum atomic E-state index is 11.3. The highest BCUT2D eigenvalue weighted by molar-refractivity contribution is 5.89. The normalized spacial score (nSPS) is 18.8. The quantitative estimate of drug-likeness (QED) is 0.936. The van der Waals surface area contributed by atoms with E-state index in [0.29, 0.717) is 12.1 Å². The molecule has 3 rings (SSSR count). The van der Waals surface area contributed by atoms with Crippen LogP contribution < -0.4 is 0 Å². The third kappa shape index (κ3) is 2.95. The van der Waals surface area contributed by atoms with Gasteiger partial charge < -0.3 is 5.11 Å². The SMILES string of the molecule is O=C(O)c1ccccc1CN1CCC[C@@H]1c1ccccn1. The van der Waals surface area contributed by atoms with Gasteiger partial charge in [-0.3, -0.25) is 9.88 Å². The number of aromatic carboxylic acids is 1. The highest BCUT2D eigenvalue weighted by Crippen LogP contribution is 2.32. The van der Waals surface area contributed by atoms with Crippen molar-refractivity contribution in [2.24, 2.45) is 0 Å². The molecule has 4 nitrogen and oxygen atoms in total. The zero-order valence-corrected chi connectivity index (χ0v) is 11.8. The minimum absolute atomic E-state index is 0.285. The zero-order valence-electron chi connectivity index (χ0n) is 11.8. The van der Waals surface area contributed by atoms with Crippen molar-refractivity contribution in [2.45, 2.75) is 25.4 Å². The molecule has 2 heterocycles. The molecule has 1 atom stereocenters. The molecule has 0 amide bonds. The number of benzene rings is 1. The number of rotatable bonds is 4. The van der Waals surface area contributed by atoms with Crippen molar-refractivity contribution in [3.05, 3.63) is 65.5 Å². The number of carbonyl (C=O) groups is 1. The van der Waals surface area contributed by atoms with E-state index in [1.807, 2.05) is 36.5 Å². The predicted octanol–water partition coefficient (Wildman–Crippen LogP) is 3.12. The Bertz CT molecular complexity index is 628. The van der Waals surface area contributed by atoms with Gasteiger partial charge in [0.15, 0.2) is 0 Å². The Morgan fingerprint density at radius 3 is 2.81 bits per heavy atom. The van der Waals surface area contributed by atoms with Crippen molar-refractivity contribution in [3.63, 3.8) is 0 Å². The Hall–Kier alpha value is -2.20. The van der Waals surface area contributed by atoms with Gasteiger partial charge in [-0.1, -0.05) is 24.3 Å². The van der Waals surface area contributed by atoms with Gasteiger partial charge in [0, 0.05) is 12.7 Å². The molecule has 4 heteroatoms. The fraction of sp³-hybridized carbons (Fsp3) is 0.294. The van der Waals surface area contributed by atoms with Crippen LogP contribution in [0.4, 0.5) is 0 Å². The van der Waals surface area contributed by atoms with E-state index < -0.39 is 5.97 Å². The van der Waals surface area contributed by atoms with Crippen molar-refractivity contribution >= 4 is 5.97 Å². The monoisotopic (exact) mass is 282 g/mol. The Kier molecular flexibility index (Phi) is 3.97. The van der Waals surface area contributed by atoms with E-state index in [4.69, 9.17) is 0 Å². The molecule has 1 aromatic carbocycles. The second-order valence-electron chi connectivity index (χ2n) is 5.35. The van der Waals surface area contributed by atoms with Crippen molar-refractivity contribution in [3.8, 4) is 0 Å². The first-order valence-corrected chi connectivity index (χ1v) is 7.22. The number of aromatic nitrogens is 1. The number of carboxylic acids is 1. The molecule has 1 aliphatic rings. The fourth-order valence-corrected chi connectivity index (χ4v) is 3.01. The van der Waals surface area contributed by atoms with Crippen LogP contribution in [-0.4, -0.2) is 27.5 Å². The second kappa shape index (κ2) is 6.06. The van der Waals surface area contributed by atoms with Crippen molar-refractivity contribution in [1.82, 2.24) is 9.88 Å². The molecule has 0 unspecified atom stereocenters. The first-order chi connectivity index (χ1) is 10.3. The number of hydrogen-bond acceptors (Lipinski definition) is 3. The van der Waals surface area contributed by atoms with Gasteiger partial charge in [0.1, 0.15) is 0 Å². The van der Waals surface area contributed by atoms with Crippen LogP contribution in [0, 0.1) is 0 Å². The van der Waals surface area contributed by atoms with Crippen LogP contribution in [0.3, 0.4) is 0 Å². The van der Waals surface area contributed by atoms with Crippen LogP contribution in [0.15, 0.2) is 48.7 Å². The zero-order chi connectivity index (χ0) is 14.7. The molecule has 2 aromatic rings. The molecule has 1 fully saturated rings. The molecule has 1 N–H and O–H groups in total. The van der Waals surface area contributed by atoms with E-state index in [2.05, 4.69) is 9.88 Å². The highest BCUT2D eigenvalue weighted by atomic mass is 16.4. The second-order valence-corrected chi connectivity index (χ2v) is 5.35. The van der Waals surface area contributed by atoms with Crippen LogP contribution >= 0.6 is 0 Å². The summed E-state index contributed by atoms with van der Waals surface area (Å²) < 4.78 is 0. The number of carboxylic acid groups (broad SMARTS) is 1. The first-order valence-electron chi connectivity index (χ1n) is 7.22. The minimum atomic E-state index is -0.862. The summed E-state index contributed by atoms with van der Waals surface area (Å²) in [4.78, 5) is 18.1. The number of hydrogen-bond donors (Lipinski definition) is 1. The van der Waals surface area contributed by atoms with Gasteiger partial charge in [-0.2, -0.15) is 0 Å². The number of pyridine rings is 1. The summed E-state index contributed by atoms with van der Waals surface area (Å²) in [6, 6.07) is 13.5. The topological polar surface area (TPSA) is 53.4 Å². The summed E-state index contributed by atoms with van der Waals surface area (Å²) in [5.74, 6) is -0.862. The molecule has 0 bridgehead atoms. The van der Waals surface area contributed by atoms with Crippen molar-refractivity contribution < 1.29 is 9.90 Å². The molecule has 0 saturated carbocycles. The lowest BCUT2D eigenvalue weighted by Gasteiger charge is -2.24. The summed E-state index contributed by atoms with van der Waals surface area (Å²) in [5.41, 5.74) is 2.33.